The van der Waals surface area contributed by atoms with Crippen molar-refractivity contribution in [2.24, 2.45) is 0 Å². The molecule has 0 aliphatic rings. The number of nitrogens with one attached hydrogen (secondary N) is 2. The van der Waals surface area contributed by atoms with E-state index in [-0.39, 0.29) is 6.04 Å². The van der Waals surface area contributed by atoms with Crippen LogP contribution in [0.5, 0.6) is 0 Å². The van der Waals surface area contributed by atoms with E-state index in [9.17, 15) is 8.42 Å². The fraction of sp³-hybridized carbons (Fsp3) is 0.385. The number of hydrogen-bond acceptors (Lipinski definition) is 5. The first-order chi connectivity index (χ1) is 9.47. The largest absolute Gasteiger partial charge is 0.310 e. The van der Waals surface area contributed by atoms with E-state index in [2.05, 4.69) is 20.5 Å². The molecular formula is C13H18N4O2S. The Morgan fingerprint density at radius 3 is 2.55 bits per heavy atom. The van der Waals surface area contributed by atoms with E-state index in [0.29, 0.717) is 4.90 Å². The van der Waals surface area contributed by atoms with Gasteiger partial charge in [-0.3, -0.25) is 5.10 Å². The maximum absolute atomic E-state index is 11.4. The van der Waals surface area contributed by atoms with Crippen LogP contribution in [0.3, 0.4) is 0 Å². The summed E-state index contributed by atoms with van der Waals surface area (Å²) < 4.78 is 22.8. The van der Waals surface area contributed by atoms with E-state index in [1.165, 1.54) is 12.6 Å². The van der Waals surface area contributed by atoms with Crippen molar-refractivity contribution in [3.05, 3.63) is 42.0 Å². The Hall–Kier alpha value is -1.73. The molecule has 1 heterocycles. The second-order valence-corrected chi connectivity index (χ2v) is 6.71. The standard InChI is InChI=1S/C13H18N4O2S/c1-10(14-8-7-13-15-9-16-17-13)11-3-5-12(6-4-11)20(2,18)19/h3-6,9-10,14H,7-8H2,1-2H3,(H,15,16,17). The lowest BCUT2D eigenvalue weighted by Crippen LogP contribution is -2.21. The normalized spacial score (nSPS) is 13.3. The molecule has 0 bridgehead atoms. The molecular weight excluding hydrogens is 276 g/mol. The molecule has 6 nitrogen and oxygen atoms in total. The Balaban J connectivity index is 1.90. The van der Waals surface area contributed by atoms with E-state index in [0.717, 1.165) is 24.4 Å². The zero-order chi connectivity index (χ0) is 14.6. The molecule has 1 unspecified atom stereocenters. The van der Waals surface area contributed by atoms with Gasteiger partial charge in [0.2, 0.25) is 0 Å². The van der Waals surface area contributed by atoms with Crippen LogP contribution in [0.25, 0.3) is 0 Å². The average molecular weight is 294 g/mol. The minimum atomic E-state index is -3.13. The molecule has 0 radical (unpaired) electrons. The molecule has 1 atom stereocenters. The van der Waals surface area contributed by atoms with Crippen LogP contribution in [0.15, 0.2) is 35.5 Å². The molecule has 1 aromatic carbocycles. The van der Waals surface area contributed by atoms with Gasteiger partial charge in [0.05, 0.1) is 4.90 Å². The molecule has 1 aromatic heterocycles. The Morgan fingerprint density at radius 1 is 1.30 bits per heavy atom. The highest BCUT2D eigenvalue weighted by atomic mass is 32.2. The number of sulfone groups is 1. The Bertz CT molecular complexity index is 636. The smallest absolute Gasteiger partial charge is 0.175 e. The predicted octanol–water partition coefficient (Wildman–Crippen LogP) is 1.10. The summed E-state index contributed by atoms with van der Waals surface area (Å²) in [5.41, 5.74) is 1.05. The van der Waals surface area contributed by atoms with Crippen molar-refractivity contribution < 1.29 is 8.42 Å². The molecule has 0 amide bonds. The molecule has 0 saturated heterocycles. The van der Waals surface area contributed by atoms with Crippen LogP contribution in [-0.2, 0) is 16.3 Å². The van der Waals surface area contributed by atoms with Gasteiger partial charge < -0.3 is 5.32 Å². The van der Waals surface area contributed by atoms with Gasteiger partial charge in [0.25, 0.3) is 0 Å². The quantitative estimate of drug-likeness (QED) is 0.833. The van der Waals surface area contributed by atoms with Crippen molar-refractivity contribution in [3.63, 3.8) is 0 Å². The van der Waals surface area contributed by atoms with Crippen molar-refractivity contribution in [2.75, 3.05) is 12.8 Å². The monoisotopic (exact) mass is 294 g/mol. The molecule has 2 aromatic rings. The SMILES string of the molecule is CC(NCCc1ncn[nH]1)c1ccc(S(C)(=O)=O)cc1. The van der Waals surface area contributed by atoms with Crippen LogP contribution in [0.4, 0.5) is 0 Å². The third kappa shape index (κ3) is 3.88. The molecule has 7 heteroatoms. The average Bonchev–Trinajstić information content (AvgIpc) is 2.91. The number of benzene rings is 1. The third-order valence-corrected chi connectivity index (χ3v) is 4.21. The molecule has 0 aliphatic heterocycles. The van der Waals surface area contributed by atoms with Crippen molar-refractivity contribution in [1.29, 1.82) is 0 Å². The Kier molecular flexibility index (Phi) is 4.51. The van der Waals surface area contributed by atoms with Gasteiger partial charge in [0, 0.05) is 25.3 Å². The highest BCUT2D eigenvalue weighted by molar-refractivity contribution is 7.90. The molecule has 20 heavy (non-hydrogen) atoms. The number of rotatable bonds is 6. The lowest BCUT2D eigenvalue weighted by Gasteiger charge is -2.14. The molecule has 0 saturated carbocycles. The maximum atomic E-state index is 11.4. The third-order valence-electron chi connectivity index (χ3n) is 3.09. The summed E-state index contributed by atoms with van der Waals surface area (Å²) in [6, 6.07) is 7.09. The Labute approximate surface area is 118 Å². The second-order valence-electron chi connectivity index (χ2n) is 4.70. The van der Waals surface area contributed by atoms with E-state index < -0.39 is 9.84 Å². The van der Waals surface area contributed by atoms with Crippen molar-refractivity contribution >= 4 is 9.84 Å². The van der Waals surface area contributed by atoms with Gasteiger partial charge in [-0.25, -0.2) is 13.4 Å². The fourth-order valence-corrected chi connectivity index (χ4v) is 2.51. The molecule has 0 aliphatic carbocycles. The summed E-state index contributed by atoms with van der Waals surface area (Å²) >= 11 is 0. The van der Waals surface area contributed by atoms with Gasteiger partial charge in [0.1, 0.15) is 12.2 Å². The van der Waals surface area contributed by atoms with E-state index in [4.69, 9.17) is 0 Å². The van der Waals surface area contributed by atoms with Crippen molar-refractivity contribution in [2.45, 2.75) is 24.3 Å². The van der Waals surface area contributed by atoms with Gasteiger partial charge in [-0.15, -0.1) is 0 Å². The number of aromatic nitrogens is 3. The number of H-pyrrole nitrogens is 1. The van der Waals surface area contributed by atoms with E-state index in [1.807, 2.05) is 19.1 Å². The van der Waals surface area contributed by atoms with Crippen LogP contribution >= 0.6 is 0 Å². The highest BCUT2D eigenvalue weighted by Gasteiger charge is 2.09. The topological polar surface area (TPSA) is 87.7 Å². The van der Waals surface area contributed by atoms with Gasteiger partial charge in [-0.1, -0.05) is 12.1 Å². The summed E-state index contributed by atoms with van der Waals surface area (Å²) in [7, 11) is -3.13. The summed E-state index contributed by atoms with van der Waals surface area (Å²) in [4.78, 5) is 4.39. The number of hydrogen-bond donors (Lipinski definition) is 2. The molecule has 0 fully saturated rings. The number of nitrogens with zero attached hydrogens (tertiary/aromatic N) is 2. The van der Waals surface area contributed by atoms with Gasteiger partial charge in [-0.2, -0.15) is 5.10 Å². The zero-order valence-electron chi connectivity index (χ0n) is 11.5. The Morgan fingerprint density at radius 2 is 2.00 bits per heavy atom. The summed E-state index contributed by atoms with van der Waals surface area (Å²) in [6.07, 6.45) is 3.47. The van der Waals surface area contributed by atoms with Gasteiger partial charge in [-0.05, 0) is 24.6 Å². The lowest BCUT2D eigenvalue weighted by molar-refractivity contribution is 0.570. The molecule has 2 N–H and O–H groups in total. The first-order valence-corrected chi connectivity index (χ1v) is 8.23. The predicted molar refractivity (Wildman–Crippen MR) is 76.1 cm³/mol. The van der Waals surface area contributed by atoms with Crippen LogP contribution in [0.1, 0.15) is 24.4 Å². The molecule has 0 spiro atoms. The van der Waals surface area contributed by atoms with Crippen molar-refractivity contribution in [1.82, 2.24) is 20.5 Å². The minimum Gasteiger partial charge on any atom is -0.310 e. The van der Waals surface area contributed by atoms with Gasteiger partial charge >= 0.3 is 0 Å². The van der Waals surface area contributed by atoms with Crippen LogP contribution in [-0.4, -0.2) is 36.4 Å². The minimum absolute atomic E-state index is 0.145. The second kappa shape index (κ2) is 6.15. The first-order valence-electron chi connectivity index (χ1n) is 6.34. The van der Waals surface area contributed by atoms with Crippen molar-refractivity contribution in [3.8, 4) is 0 Å². The zero-order valence-corrected chi connectivity index (χ0v) is 12.3. The number of aromatic amines is 1. The molecule has 2 rings (SSSR count). The van der Waals surface area contributed by atoms with E-state index in [1.54, 1.807) is 12.1 Å². The highest BCUT2D eigenvalue weighted by Crippen LogP contribution is 2.16. The summed E-state index contributed by atoms with van der Waals surface area (Å²) in [5.74, 6) is 0.845. The van der Waals surface area contributed by atoms with Gasteiger partial charge in [0.15, 0.2) is 9.84 Å². The lowest BCUT2D eigenvalue weighted by atomic mass is 10.1. The fourth-order valence-electron chi connectivity index (χ4n) is 1.88. The first kappa shape index (κ1) is 14.7. The maximum Gasteiger partial charge on any atom is 0.175 e. The molecule has 108 valence electrons. The summed E-state index contributed by atoms with van der Waals surface area (Å²) in [5, 5.41) is 9.96. The van der Waals surface area contributed by atoms with Crippen LogP contribution in [0, 0.1) is 0 Å². The summed E-state index contributed by atoms with van der Waals surface area (Å²) in [6.45, 7) is 2.81. The van der Waals surface area contributed by atoms with Crippen LogP contribution < -0.4 is 5.32 Å². The van der Waals surface area contributed by atoms with E-state index >= 15 is 0 Å². The van der Waals surface area contributed by atoms with Crippen LogP contribution in [0.2, 0.25) is 0 Å².